The van der Waals surface area contributed by atoms with Crippen LogP contribution in [0.25, 0.3) is 0 Å². The summed E-state index contributed by atoms with van der Waals surface area (Å²) < 4.78 is 12.3. The van der Waals surface area contributed by atoms with Crippen LogP contribution >= 0.6 is 11.8 Å². The van der Waals surface area contributed by atoms with Gasteiger partial charge < -0.3 is 9.47 Å². The van der Waals surface area contributed by atoms with Crippen molar-refractivity contribution in [3.05, 3.63) is 0 Å². The van der Waals surface area contributed by atoms with E-state index in [0.29, 0.717) is 12.2 Å². The first-order valence-electron chi connectivity index (χ1n) is 15.0. The van der Waals surface area contributed by atoms with Gasteiger partial charge >= 0.3 is 0 Å². The van der Waals surface area contributed by atoms with Gasteiger partial charge in [-0.25, -0.2) is 0 Å². The Balaban J connectivity index is 1.48. The van der Waals surface area contributed by atoms with E-state index in [1.54, 1.807) is 0 Å². The lowest BCUT2D eigenvalue weighted by Crippen LogP contribution is -2.32. The fourth-order valence-electron chi connectivity index (χ4n) is 6.11. The van der Waals surface area contributed by atoms with Gasteiger partial charge in [-0.2, -0.15) is 11.8 Å². The van der Waals surface area contributed by atoms with Gasteiger partial charge in [0.2, 0.25) is 0 Å². The first-order chi connectivity index (χ1) is 16.2. The maximum Gasteiger partial charge on any atom is 0.0605 e. The quantitative estimate of drug-likeness (QED) is 0.181. The molecule has 2 aliphatic heterocycles. The molecule has 2 rings (SSSR count). The van der Waals surface area contributed by atoms with Crippen molar-refractivity contribution in [3.8, 4) is 0 Å². The minimum Gasteiger partial charge on any atom is -0.378 e. The Morgan fingerprint density at radius 2 is 1.09 bits per heavy atom. The summed E-state index contributed by atoms with van der Waals surface area (Å²) in [7, 11) is 0. The fraction of sp³-hybridized carbons (Fsp3) is 1.00. The first kappa shape index (κ1) is 29.5. The molecule has 196 valence electrons. The second-order valence-electron chi connectivity index (χ2n) is 11.2. The Labute approximate surface area is 212 Å². The van der Waals surface area contributed by atoms with Crippen molar-refractivity contribution in [2.45, 2.75) is 143 Å². The van der Waals surface area contributed by atoms with Crippen molar-refractivity contribution in [2.75, 3.05) is 24.7 Å². The van der Waals surface area contributed by atoms with Crippen LogP contribution in [0.4, 0.5) is 0 Å². The van der Waals surface area contributed by atoms with Crippen molar-refractivity contribution in [1.82, 2.24) is 0 Å². The van der Waals surface area contributed by atoms with Crippen molar-refractivity contribution < 1.29 is 9.47 Å². The molecular formula is C30H58O2S. The average molecular weight is 483 g/mol. The van der Waals surface area contributed by atoms with E-state index in [1.165, 1.54) is 114 Å². The Kier molecular flexibility index (Phi) is 16.6. The molecule has 6 atom stereocenters. The van der Waals surface area contributed by atoms with Gasteiger partial charge in [0, 0.05) is 13.2 Å². The van der Waals surface area contributed by atoms with Crippen molar-refractivity contribution in [1.29, 1.82) is 0 Å². The molecule has 3 heteroatoms. The van der Waals surface area contributed by atoms with E-state index in [1.807, 2.05) is 0 Å². The third kappa shape index (κ3) is 11.7. The summed E-state index contributed by atoms with van der Waals surface area (Å²) in [5.41, 5.74) is 0. The highest BCUT2D eigenvalue weighted by atomic mass is 32.2. The van der Waals surface area contributed by atoms with Crippen molar-refractivity contribution >= 4 is 11.8 Å². The van der Waals surface area contributed by atoms with E-state index in [9.17, 15) is 0 Å². The Morgan fingerprint density at radius 3 is 1.45 bits per heavy atom. The van der Waals surface area contributed by atoms with Crippen LogP contribution in [0, 0.1) is 23.7 Å². The summed E-state index contributed by atoms with van der Waals surface area (Å²) in [6, 6.07) is 0. The zero-order valence-corrected chi connectivity index (χ0v) is 23.6. The molecule has 0 bridgehead atoms. The molecule has 2 fully saturated rings. The molecule has 2 nitrogen and oxygen atoms in total. The summed E-state index contributed by atoms with van der Waals surface area (Å²) in [6.07, 6.45) is 22.8. The predicted octanol–water partition coefficient (Wildman–Crippen LogP) is 9.30. The van der Waals surface area contributed by atoms with Crippen molar-refractivity contribution in [2.24, 2.45) is 23.7 Å². The minimum absolute atomic E-state index is 0.549. The molecule has 0 amide bonds. The highest BCUT2D eigenvalue weighted by Gasteiger charge is 2.28. The van der Waals surface area contributed by atoms with E-state index in [2.05, 4.69) is 39.5 Å². The van der Waals surface area contributed by atoms with Crippen LogP contribution in [0.15, 0.2) is 0 Å². The lowest BCUT2D eigenvalue weighted by molar-refractivity contribution is -0.0392. The molecular weight excluding hydrogens is 424 g/mol. The summed E-state index contributed by atoms with van der Waals surface area (Å²) in [5.74, 6) is 5.93. The molecule has 2 heterocycles. The first-order valence-corrected chi connectivity index (χ1v) is 16.1. The molecule has 6 unspecified atom stereocenters. The molecule has 0 saturated carbocycles. The molecule has 0 N–H and O–H groups in total. The maximum atomic E-state index is 6.16. The smallest absolute Gasteiger partial charge is 0.0605 e. The number of unbranched alkanes of at least 4 members (excludes halogenated alkanes) is 4. The zero-order chi connectivity index (χ0) is 23.7. The molecule has 0 aliphatic carbocycles. The third-order valence-electron chi connectivity index (χ3n) is 8.79. The van der Waals surface area contributed by atoms with Gasteiger partial charge in [-0.1, -0.05) is 66.2 Å². The molecule has 0 aromatic carbocycles. The number of hydrogen-bond donors (Lipinski definition) is 0. The summed E-state index contributed by atoms with van der Waals surface area (Å²) in [4.78, 5) is 0. The summed E-state index contributed by atoms with van der Waals surface area (Å²) in [6.45, 7) is 11.6. The predicted molar refractivity (Wildman–Crippen MR) is 147 cm³/mol. The normalized spacial score (nSPS) is 25.5. The molecule has 2 saturated heterocycles. The third-order valence-corrected chi connectivity index (χ3v) is 9.94. The van der Waals surface area contributed by atoms with Gasteiger partial charge in [0.15, 0.2) is 0 Å². The Hall–Kier alpha value is 0.270. The summed E-state index contributed by atoms with van der Waals surface area (Å²) in [5, 5.41) is 0. The van der Waals surface area contributed by atoms with E-state index < -0.39 is 0 Å². The average Bonchev–Trinajstić information content (AvgIpc) is 2.87. The number of thioether (sulfide) groups is 1. The lowest BCUT2D eigenvalue weighted by Gasteiger charge is -2.34. The van der Waals surface area contributed by atoms with Crippen LogP contribution in [0.2, 0.25) is 0 Å². The van der Waals surface area contributed by atoms with Crippen LogP contribution in [-0.2, 0) is 9.47 Å². The van der Waals surface area contributed by atoms with Crippen LogP contribution in [0.1, 0.15) is 130 Å². The monoisotopic (exact) mass is 482 g/mol. The SMILES string of the molecule is CCC(C)C(CCCCCSCCCCCC(C(C)CC)C1CCCCO1)C1CCCCO1. The molecule has 33 heavy (non-hydrogen) atoms. The summed E-state index contributed by atoms with van der Waals surface area (Å²) >= 11 is 2.20. The van der Waals surface area contributed by atoms with Crippen molar-refractivity contribution in [3.63, 3.8) is 0 Å². The van der Waals surface area contributed by atoms with E-state index in [-0.39, 0.29) is 0 Å². The minimum atomic E-state index is 0.549. The topological polar surface area (TPSA) is 18.5 Å². The number of ether oxygens (including phenoxy) is 2. The van der Waals surface area contributed by atoms with Crippen LogP contribution in [0.5, 0.6) is 0 Å². The van der Waals surface area contributed by atoms with Crippen LogP contribution in [0.3, 0.4) is 0 Å². The lowest BCUT2D eigenvalue weighted by atomic mass is 9.80. The van der Waals surface area contributed by atoms with Gasteiger partial charge in [0.1, 0.15) is 0 Å². The van der Waals surface area contributed by atoms with Gasteiger partial charge in [0.05, 0.1) is 12.2 Å². The van der Waals surface area contributed by atoms with Gasteiger partial charge in [-0.15, -0.1) is 0 Å². The Morgan fingerprint density at radius 1 is 0.636 bits per heavy atom. The number of hydrogen-bond acceptors (Lipinski definition) is 3. The Bertz CT molecular complexity index is 405. The molecule has 0 aromatic heterocycles. The molecule has 0 aromatic rings. The molecule has 0 radical (unpaired) electrons. The molecule has 0 spiro atoms. The van der Waals surface area contributed by atoms with Crippen LogP contribution < -0.4 is 0 Å². The maximum absolute atomic E-state index is 6.16. The fourth-order valence-corrected chi connectivity index (χ4v) is 7.13. The molecule has 2 aliphatic rings. The second kappa shape index (κ2) is 18.5. The zero-order valence-electron chi connectivity index (χ0n) is 22.8. The van der Waals surface area contributed by atoms with E-state index in [4.69, 9.17) is 9.47 Å². The highest BCUT2D eigenvalue weighted by Crippen LogP contribution is 2.33. The van der Waals surface area contributed by atoms with Gasteiger partial charge in [-0.3, -0.25) is 0 Å². The second-order valence-corrected chi connectivity index (χ2v) is 12.4. The van der Waals surface area contributed by atoms with E-state index >= 15 is 0 Å². The van der Waals surface area contributed by atoms with Gasteiger partial charge in [0.25, 0.3) is 0 Å². The highest BCUT2D eigenvalue weighted by molar-refractivity contribution is 7.99. The number of rotatable bonds is 18. The standard InChI is InChI=1S/C30H58O2S/c1-5-25(3)27(29-19-11-13-21-31-29)17-9-7-15-23-33-24-16-8-10-18-28(26(4)6-2)30-20-12-14-22-32-30/h25-30H,5-24H2,1-4H3. The largest absolute Gasteiger partial charge is 0.378 e. The van der Waals surface area contributed by atoms with Gasteiger partial charge in [-0.05, 0) is 99.4 Å². The van der Waals surface area contributed by atoms with E-state index in [0.717, 1.165) is 36.9 Å². The van der Waals surface area contributed by atoms with Crippen LogP contribution in [-0.4, -0.2) is 36.9 Å².